The Morgan fingerprint density at radius 3 is 2.24 bits per heavy atom. The van der Waals surface area contributed by atoms with E-state index >= 15 is 0 Å². The molecule has 2 rings (SSSR count). The number of thioether (sulfide) groups is 1. The van der Waals surface area contributed by atoms with Crippen molar-refractivity contribution < 1.29 is 23.7 Å². The standard InChI is InChI=1S/C19H22F2O3S/c1-18(2,25-11-13-4-7-15(24-3)8-5-13)19(23,12-22)16-9-6-14(20)10-17(16)21/h4-10,22-23H,11-12H2,1-3H3. The van der Waals surface area contributed by atoms with Crippen LogP contribution in [0.2, 0.25) is 0 Å². The molecule has 0 radical (unpaired) electrons. The minimum atomic E-state index is -1.86. The van der Waals surface area contributed by atoms with Gasteiger partial charge in [0.05, 0.1) is 13.7 Å². The van der Waals surface area contributed by atoms with Gasteiger partial charge in [0.1, 0.15) is 23.0 Å². The molecule has 0 aliphatic rings. The third-order valence-corrected chi connectivity index (χ3v) is 5.90. The largest absolute Gasteiger partial charge is 0.497 e. The predicted octanol–water partition coefficient (Wildman–Crippen LogP) is 3.87. The maximum atomic E-state index is 14.2. The Morgan fingerprint density at radius 1 is 1.08 bits per heavy atom. The third kappa shape index (κ3) is 4.14. The fraction of sp³-hybridized carbons (Fsp3) is 0.368. The van der Waals surface area contributed by atoms with Crippen LogP contribution in [0.15, 0.2) is 42.5 Å². The van der Waals surface area contributed by atoms with Gasteiger partial charge >= 0.3 is 0 Å². The summed E-state index contributed by atoms with van der Waals surface area (Å²) in [4.78, 5) is 0. The maximum absolute atomic E-state index is 14.2. The average molecular weight is 368 g/mol. The van der Waals surface area contributed by atoms with Gasteiger partial charge in [0, 0.05) is 22.1 Å². The molecule has 2 N–H and O–H groups in total. The number of aliphatic hydroxyl groups is 2. The van der Waals surface area contributed by atoms with Crippen LogP contribution in [0.1, 0.15) is 25.0 Å². The quantitative estimate of drug-likeness (QED) is 0.779. The average Bonchev–Trinajstić information content (AvgIpc) is 2.59. The van der Waals surface area contributed by atoms with Gasteiger partial charge < -0.3 is 14.9 Å². The minimum Gasteiger partial charge on any atom is -0.497 e. The van der Waals surface area contributed by atoms with Crippen LogP contribution in [0.25, 0.3) is 0 Å². The Labute approximate surface area is 150 Å². The van der Waals surface area contributed by atoms with Gasteiger partial charge in [-0.15, -0.1) is 11.8 Å². The molecule has 0 fully saturated rings. The molecule has 0 aliphatic heterocycles. The number of rotatable bonds is 7. The molecule has 2 aromatic rings. The minimum absolute atomic E-state index is 0.122. The van der Waals surface area contributed by atoms with Crippen molar-refractivity contribution in [1.82, 2.24) is 0 Å². The van der Waals surface area contributed by atoms with E-state index in [1.165, 1.54) is 17.8 Å². The molecule has 0 bridgehead atoms. The number of methoxy groups -OCH3 is 1. The molecule has 6 heteroatoms. The molecule has 0 heterocycles. The highest BCUT2D eigenvalue weighted by Gasteiger charge is 2.46. The normalized spacial score (nSPS) is 14.2. The highest BCUT2D eigenvalue weighted by Crippen LogP contribution is 2.44. The molecule has 0 saturated carbocycles. The van der Waals surface area contributed by atoms with Crippen molar-refractivity contribution in [3.63, 3.8) is 0 Å². The van der Waals surface area contributed by atoms with Crippen LogP contribution in [0.5, 0.6) is 5.75 Å². The van der Waals surface area contributed by atoms with Gasteiger partial charge in [0.2, 0.25) is 0 Å². The second-order valence-corrected chi connectivity index (χ2v) is 7.89. The van der Waals surface area contributed by atoms with Crippen LogP contribution < -0.4 is 4.74 Å². The van der Waals surface area contributed by atoms with E-state index in [0.29, 0.717) is 11.8 Å². The Hall–Kier alpha value is -1.63. The summed E-state index contributed by atoms with van der Waals surface area (Å²) >= 11 is 1.37. The highest BCUT2D eigenvalue weighted by atomic mass is 32.2. The first kappa shape index (κ1) is 19.7. The van der Waals surface area contributed by atoms with Crippen molar-refractivity contribution in [2.45, 2.75) is 29.9 Å². The monoisotopic (exact) mass is 368 g/mol. The molecular formula is C19H22F2O3S. The highest BCUT2D eigenvalue weighted by molar-refractivity contribution is 7.99. The molecule has 25 heavy (non-hydrogen) atoms. The predicted molar refractivity (Wildman–Crippen MR) is 95.7 cm³/mol. The van der Waals surface area contributed by atoms with E-state index in [2.05, 4.69) is 0 Å². The summed E-state index contributed by atoms with van der Waals surface area (Å²) < 4.78 is 31.5. The van der Waals surface area contributed by atoms with E-state index < -0.39 is 28.6 Å². The van der Waals surface area contributed by atoms with Gasteiger partial charge in [-0.2, -0.15) is 0 Å². The van der Waals surface area contributed by atoms with Crippen molar-refractivity contribution >= 4 is 11.8 Å². The molecular weight excluding hydrogens is 346 g/mol. The van der Waals surface area contributed by atoms with Crippen LogP contribution in [-0.2, 0) is 11.4 Å². The summed E-state index contributed by atoms with van der Waals surface area (Å²) in [5.74, 6) is -0.324. The van der Waals surface area contributed by atoms with E-state index in [1.54, 1.807) is 21.0 Å². The fourth-order valence-corrected chi connectivity index (χ4v) is 3.66. The summed E-state index contributed by atoms with van der Waals surface area (Å²) in [6.45, 7) is 2.76. The Kier molecular flexibility index (Phi) is 6.08. The lowest BCUT2D eigenvalue weighted by Gasteiger charge is -2.41. The van der Waals surface area contributed by atoms with Crippen molar-refractivity contribution in [3.8, 4) is 5.75 Å². The number of halogens is 2. The first-order valence-electron chi connectivity index (χ1n) is 7.79. The smallest absolute Gasteiger partial charge is 0.132 e. The topological polar surface area (TPSA) is 49.7 Å². The summed E-state index contributed by atoms with van der Waals surface area (Å²) in [5, 5.41) is 20.8. The van der Waals surface area contributed by atoms with Crippen LogP contribution in [0.4, 0.5) is 8.78 Å². The van der Waals surface area contributed by atoms with E-state index in [-0.39, 0.29) is 5.56 Å². The number of aliphatic hydroxyl groups excluding tert-OH is 1. The first-order chi connectivity index (χ1) is 11.7. The molecule has 0 saturated heterocycles. The molecule has 3 nitrogen and oxygen atoms in total. The van der Waals surface area contributed by atoms with Crippen molar-refractivity contribution in [3.05, 3.63) is 65.2 Å². The van der Waals surface area contributed by atoms with E-state index in [0.717, 1.165) is 17.4 Å². The van der Waals surface area contributed by atoms with E-state index in [4.69, 9.17) is 4.74 Å². The van der Waals surface area contributed by atoms with Crippen molar-refractivity contribution in [2.75, 3.05) is 13.7 Å². The molecule has 1 unspecified atom stereocenters. The summed E-state index contributed by atoms with van der Waals surface area (Å²) in [7, 11) is 1.59. The summed E-state index contributed by atoms with van der Waals surface area (Å²) in [6, 6.07) is 10.4. The van der Waals surface area contributed by atoms with Gasteiger partial charge in [-0.25, -0.2) is 8.78 Å². The van der Waals surface area contributed by atoms with E-state index in [1.807, 2.05) is 24.3 Å². The lowest BCUT2D eigenvalue weighted by Crippen LogP contribution is -2.48. The lowest BCUT2D eigenvalue weighted by atomic mass is 9.83. The third-order valence-electron chi connectivity index (χ3n) is 4.36. The van der Waals surface area contributed by atoms with Gasteiger partial charge in [-0.05, 0) is 37.6 Å². The maximum Gasteiger partial charge on any atom is 0.132 e. The Balaban J connectivity index is 2.24. The number of benzene rings is 2. The fourth-order valence-electron chi connectivity index (χ4n) is 2.53. The Bertz CT molecular complexity index is 719. The van der Waals surface area contributed by atoms with Gasteiger partial charge in [0.15, 0.2) is 0 Å². The zero-order valence-electron chi connectivity index (χ0n) is 14.4. The zero-order chi connectivity index (χ0) is 18.7. The Morgan fingerprint density at radius 2 is 1.72 bits per heavy atom. The number of hydrogen-bond donors (Lipinski definition) is 2. The lowest BCUT2D eigenvalue weighted by molar-refractivity contribution is -0.0458. The number of ether oxygens (including phenoxy) is 1. The summed E-state index contributed by atoms with van der Waals surface area (Å²) in [5.41, 5.74) is -0.982. The first-order valence-corrected chi connectivity index (χ1v) is 8.78. The van der Waals surface area contributed by atoms with Gasteiger partial charge in [0.25, 0.3) is 0 Å². The molecule has 0 amide bonds. The van der Waals surface area contributed by atoms with Crippen LogP contribution >= 0.6 is 11.8 Å². The van der Waals surface area contributed by atoms with Crippen LogP contribution in [0.3, 0.4) is 0 Å². The van der Waals surface area contributed by atoms with Gasteiger partial charge in [-0.1, -0.05) is 18.2 Å². The SMILES string of the molecule is COc1ccc(CSC(C)(C)C(O)(CO)c2ccc(F)cc2F)cc1. The van der Waals surface area contributed by atoms with Crippen molar-refractivity contribution in [1.29, 1.82) is 0 Å². The second kappa shape index (κ2) is 7.72. The van der Waals surface area contributed by atoms with E-state index in [9.17, 15) is 19.0 Å². The zero-order valence-corrected chi connectivity index (χ0v) is 15.2. The second-order valence-electron chi connectivity index (χ2n) is 6.29. The van der Waals surface area contributed by atoms with Crippen LogP contribution in [-0.4, -0.2) is 28.7 Å². The van der Waals surface area contributed by atoms with Crippen LogP contribution in [0, 0.1) is 11.6 Å². The molecule has 136 valence electrons. The molecule has 0 aromatic heterocycles. The number of hydrogen-bond acceptors (Lipinski definition) is 4. The molecule has 1 atom stereocenters. The van der Waals surface area contributed by atoms with Crippen molar-refractivity contribution in [2.24, 2.45) is 0 Å². The molecule has 2 aromatic carbocycles. The molecule has 0 spiro atoms. The molecule has 0 aliphatic carbocycles. The summed E-state index contributed by atoms with van der Waals surface area (Å²) in [6.07, 6.45) is 0. The van der Waals surface area contributed by atoms with Gasteiger partial charge in [-0.3, -0.25) is 0 Å².